The maximum absolute atomic E-state index is 13.8. The number of esters is 1. The third-order valence-electron chi connectivity index (χ3n) is 7.48. The number of amides is 2. The van der Waals surface area contributed by atoms with Gasteiger partial charge in [-0.25, -0.2) is 32.3 Å². The van der Waals surface area contributed by atoms with E-state index in [0.29, 0.717) is 22.4 Å². The molecule has 3 aromatic carbocycles. The van der Waals surface area contributed by atoms with Crippen molar-refractivity contribution in [3.63, 3.8) is 0 Å². The average molecular weight is 688 g/mol. The number of benzene rings is 3. The van der Waals surface area contributed by atoms with Crippen molar-refractivity contribution < 1.29 is 55.4 Å². The smallest absolute Gasteiger partial charge is 0.412 e. The van der Waals surface area contributed by atoms with Crippen molar-refractivity contribution in [1.82, 2.24) is 5.48 Å². The first-order valence-corrected chi connectivity index (χ1v) is 16.5. The lowest BCUT2D eigenvalue weighted by molar-refractivity contribution is 0.0435. The molecule has 0 saturated heterocycles. The molecule has 1 aliphatic carbocycles. The maximum atomic E-state index is 13.8. The molecular weight excluding hydrogens is 656 g/mol. The Hall–Kier alpha value is -4.90. The number of hydrogen-bond acceptors (Lipinski definition) is 10. The first-order chi connectivity index (χ1) is 22.9. The van der Waals surface area contributed by atoms with E-state index in [1.54, 1.807) is 6.07 Å². The monoisotopic (exact) mass is 687 g/mol. The number of halogens is 2. The molecule has 0 unspecified atom stereocenters. The number of nitrogens with zero attached hydrogens (tertiary/aromatic N) is 1. The molecule has 0 aliphatic heterocycles. The van der Waals surface area contributed by atoms with Crippen LogP contribution in [0.2, 0.25) is 0 Å². The van der Waals surface area contributed by atoms with Crippen LogP contribution in [0, 0.1) is 11.6 Å². The van der Waals surface area contributed by atoms with E-state index < -0.39 is 39.6 Å². The van der Waals surface area contributed by atoms with Crippen molar-refractivity contribution in [2.24, 2.45) is 5.73 Å². The topological polar surface area (TPSA) is 188 Å². The largest absolute Gasteiger partial charge is 0.455 e. The minimum Gasteiger partial charge on any atom is -0.455 e. The van der Waals surface area contributed by atoms with Crippen molar-refractivity contribution in [2.75, 3.05) is 36.9 Å². The fourth-order valence-corrected chi connectivity index (χ4v) is 6.08. The van der Waals surface area contributed by atoms with Crippen molar-refractivity contribution >= 4 is 44.6 Å². The molecule has 4 aromatic rings. The Kier molecular flexibility index (Phi) is 10.4. The predicted octanol–water partition coefficient (Wildman–Crippen LogP) is 4.61. The first kappa shape index (κ1) is 34.4. The summed E-state index contributed by atoms with van der Waals surface area (Å²) in [7, 11) is -3.85. The van der Waals surface area contributed by atoms with Gasteiger partial charge in [0.25, 0.3) is 5.91 Å². The number of carbonyl (C=O) groups is 3. The number of nitrogens with one attached hydrogen (secondary N) is 1. The number of furan rings is 1. The summed E-state index contributed by atoms with van der Waals surface area (Å²) in [6.07, 6.45) is 1.26. The highest BCUT2D eigenvalue weighted by Crippen LogP contribution is 2.48. The van der Waals surface area contributed by atoms with Gasteiger partial charge in [0.2, 0.25) is 10.0 Å². The van der Waals surface area contributed by atoms with Gasteiger partial charge in [0.1, 0.15) is 28.5 Å². The average Bonchev–Trinajstić information content (AvgIpc) is 3.81. The van der Waals surface area contributed by atoms with Crippen molar-refractivity contribution in [2.45, 2.75) is 25.4 Å². The van der Waals surface area contributed by atoms with E-state index >= 15 is 0 Å². The molecule has 16 heteroatoms. The van der Waals surface area contributed by atoms with E-state index in [0.717, 1.165) is 25.2 Å². The minimum absolute atomic E-state index is 0.0115. The van der Waals surface area contributed by atoms with E-state index in [1.165, 1.54) is 52.2 Å². The third-order valence-corrected chi connectivity index (χ3v) is 8.66. The van der Waals surface area contributed by atoms with Gasteiger partial charge < -0.3 is 24.4 Å². The summed E-state index contributed by atoms with van der Waals surface area (Å²) in [6, 6.07) is 12.0. The summed E-state index contributed by atoms with van der Waals surface area (Å²) >= 11 is 0. The summed E-state index contributed by atoms with van der Waals surface area (Å²) in [4.78, 5) is 36.1. The summed E-state index contributed by atoms with van der Waals surface area (Å²) in [5.41, 5.74) is 7.87. The quantitative estimate of drug-likeness (QED) is 0.0555. The van der Waals surface area contributed by atoms with Crippen LogP contribution in [-0.4, -0.2) is 64.2 Å². The number of sulfonamides is 1. The van der Waals surface area contributed by atoms with E-state index in [-0.39, 0.29) is 66.7 Å². The molecule has 1 aliphatic rings. The zero-order valence-corrected chi connectivity index (χ0v) is 26.3. The number of primary amides is 1. The van der Waals surface area contributed by atoms with Crippen molar-refractivity contribution in [3.05, 3.63) is 88.5 Å². The second kappa shape index (κ2) is 14.5. The van der Waals surface area contributed by atoms with Crippen LogP contribution in [0.4, 0.5) is 19.3 Å². The van der Waals surface area contributed by atoms with E-state index in [9.17, 15) is 31.6 Å². The highest BCUT2D eigenvalue weighted by Gasteiger charge is 2.34. The van der Waals surface area contributed by atoms with E-state index in [4.69, 9.17) is 24.8 Å². The molecule has 0 radical (unpaired) electrons. The molecule has 48 heavy (non-hydrogen) atoms. The van der Waals surface area contributed by atoms with Gasteiger partial charge in [-0.05, 0) is 72.4 Å². The summed E-state index contributed by atoms with van der Waals surface area (Å²) in [5.74, 6) is -3.44. The first-order valence-electron chi connectivity index (χ1n) is 14.6. The number of nitrogens with two attached hydrogens (primary N) is 1. The zero-order valence-electron chi connectivity index (χ0n) is 25.5. The van der Waals surface area contributed by atoms with Gasteiger partial charge in [0, 0.05) is 17.0 Å². The van der Waals surface area contributed by atoms with Crippen LogP contribution in [0.25, 0.3) is 22.3 Å². The summed E-state index contributed by atoms with van der Waals surface area (Å²) in [5, 5.41) is 9.02. The lowest BCUT2D eigenvalue weighted by Gasteiger charge is -2.25. The summed E-state index contributed by atoms with van der Waals surface area (Å²) in [6.45, 7) is 0.101. The van der Waals surface area contributed by atoms with Crippen LogP contribution in [-0.2, 0) is 30.8 Å². The Morgan fingerprint density at radius 3 is 2.38 bits per heavy atom. The van der Waals surface area contributed by atoms with E-state index in [1.807, 2.05) is 0 Å². The van der Waals surface area contributed by atoms with Gasteiger partial charge in [-0.15, -0.1) is 0 Å². The molecule has 0 bridgehead atoms. The van der Waals surface area contributed by atoms with Crippen LogP contribution in [0.1, 0.15) is 50.6 Å². The molecule has 0 spiro atoms. The van der Waals surface area contributed by atoms with Crippen molar-refractivity contribution in [3.8, 4) is 11.3 Å². The second-order valence-electron chi connectivity index (χ2n) is 11.0. The molecule has 4 N–H and O–H groups in total. The minimum atomic E-state index is -3.85. The summed E-state index contributed by atoms with van der Waals surface area (Å²) < 4.78 is 76.6. The SMILES string of the molecule is CS(=O)(=O)N(CCOCCOCc1ccc(F)c(C(=O)NO)c1)c1cc2oc(-c3ccc(F)cc3)c(C(=O)OC(N)=O)c2cc1C1CC1. The molecular formula is C32H31F2N3O10S. The second-order valence-corrected chi connectivity index (χ2v) is 12.9. The number of hydrogen-bond donors (Lipinski definition) is 3. The van der Waals surface area contributed by atoms with Crippen LogP contribution < -0.4 is 15.5 Å². The molecule has 5 rings (SSSR count). The Morgan fingerprint density at radius 2 is 1.73 bits per heavy atom. The van der Waals surface area contributed by atoms with Gasteiger partial charge in [-0.2, -0.15) is 0 Å². The normalized spacial score (nSPS) is 13.0. The van der Waals surface area contributed by atoms with Gasteiger partial charge >= 0.3 is 12.1 Å². The molecule has 1 aromatic heterocycles. The molecule has 1 saturated carbocycles. The lowest BCUT2D eigenvalue weighted by atomic mass is 10.0. The standard InChI is InChI=1S/C32H31F2N3O10S/c1-48(42,43)37(10-11-44-12-13-45-17-18-2-9-25(34)23(14-18)30(38)36-41)26-16-27-24(15-22(26)19-3-4-19)28(31(39)47-32(35)40)29(46-27)20-5-7-21(33)8-6-20/h2,5-9,14-16,19,41H,3-4,10-13,17H2,1H3,(H2,35,40)(H,36,38). The number of carbonyl (C=O) groups excluding carboxylic acids is 3. The number of ether oxygens (including phenoxy) is 3. The lowest BCUT2D eigenvalue weighted by Crippen LogP contribution is -2.34. The Bertz CT molecular complexity index is 1960. The molecule has 0 atom stereocenters. The molecule has 254 valence electrons. The van der Waals surface area contributed by atoms with Crippen molar-refractivity contribution in [1.29, 1.82) is 0 Å². The van der Waals surface area contributed by atoms with Crippen LogP contribution >= 0.6 is 0 Å². The number of rotatable bonds is 14. The number of hydroxylamine groups is 1. The molecule has 2 amide bonds. The highest BCUT2D eigenvalue weighted by atomic mass is 32.2. The predicted molar refractivity (Wildman–Crippen MR) is 167 cm³/mol. The molecule has 13 nitrogen and oxygen atoms in total. The maximum Gasteiger partial charge on any atom is 0.412 e. The van der Waals surface area contributed by atoms with Crippen LogP contribution in [0.15, 0.2) is 59.0 Å². The van der Waals surface area contributed by atoms with Gasteiger partial charge in [0.05, 0.1) is 50.5 Å². The fraction of sp³-hybridized carbons (Fsp3) is 0.281. The highest BCUT2D eigenvalue weighted by molar-refractivity contribution is 7.92. The number of fused-ring (bicyclic) bond motifs is 1. The molecule has 1 heterocycles. The van der Waals surface area contributed by atoms with Crippen LogP contribution in [0.5, 0.6) is 0 Å². The zero-order chi connectivity index (χ0) is 34.6. The van der Waals surface area contributed by atoms with Gasteiger partial charge in [0.15, 0.2) is 0 Å². The van der Waals surface area contributed by atoms with Gasteiger partial charge in [-0.1, -0.05) is 6.07 Å². The Morgan fingerprint density at radius 1 is 1.02 bits per heavy atom. The Labute approximate surface area is 273 Å². The van der Waals surface area contributed by atoms with Gasteiger partial charge in [-0.3, -0.25) is 14.3 Å². The van der Waals surface area contributed by atoms with E-state index in [2.05, 4.69) is 4.74 Å². The van der Waals surface area contributed by atoms with Crippen LogP contribution in [0.3, 0.4) is 0 Å². The molecule has 1 fully saturated rings. The fourth-order valence-electron chi connectivity index (χ4n) is 5.15. The third kappa shape index (κ3) is 7.96. The number of anilines is 1. The Balaban J connectivity index is 1.34.